The predicted molar refractivity (Wildman–Crippen MR) is 125 cm³/mol. The first kappa shape index (κ1) is 23.0. The molecule has 31 heavy (non-hydrogen) atoms. The number of hydrogen-bond donors (Lipinski definition) is 0. The van der Waals surface area contributed by atoms with E-state index >= 15 is 0 Å². The fourth-order valence-corrected chi connectivity index (χ4v) is 3.64. The molecule has 3 aromatic rings. The lowest BCUT2D eigenvalue weighted by molar-refractivity contribution is 0.0520. The monoisotopic (exact) mass is 546 g/mol. The molecule has 0 saturated heterocycles. The fraction of sp³-hybridized carbons (Fsp3) is 0.167. The van der Waals surface area contributed by atoms with Gasteiger partial charge >= 0.3 is 11.9 Å². The number of benzene rings is 3. The fourth-order valence-electron chi connectivity index (χ4n) is 2.79. The Morgan fingerprint density at radius 1 is 0.871 bits per heavy atom. The van der Waals surface area contributed by atoms with Gasteiger partial charge in [-0.25, -0.2) is 9.59 Å². The molecular formula is C24H20Br2O5. The van der Waals surface area contributed by atoms with Crippen molar-refractivity contribution in [3.8, 4) is 11.5 Å². The van der Waals surface area contributed by atoms with Gasteiger partial charge in [0.05, 0.1) is 23.2 Å². The van der Waals surface area contributed by atoms with Crippen LogP contribution in [0.2, 0.25) is 0 Å². The van der Waals surface area contributed by atoms with E-state index in [9.17, 15) is 9.59 Å². The Labute approximate surface area is 197 Å². The summed E-state index contributed by atoms with van der Waals surface area (Å²) in [6.07, 6.45) is 0.775. The van der Waals surface area contributed by atoms with Crippen LogP contribution in [0.15, 0.2) is 75.7 Å². The number of esters is 2. The SMILES string of the molecule is CCOC(=O)c1cc(Br)ccc1OC(=O)c1ccc(OCCc2ccccc2)c(Br)c1. The second-order valence-corrected chi connectivity index (χ2v) is 8.25. The Morgan fingerprint density at radius 3 is 2.32 bits per heavy atom. The Bertz CT molecular complexity index is 1070. The summed E-state index contributed by atoms with van der Waals surface area (Å²) in [4.78, 5) is 24.8. The Hall–Kier alpha value is -2.64. The largest absolute Gasteiger partial charge is 0.492 e. The lowest BCUT2D eigenvalue weighted by Crippen LogP contribution is -2.13. The van der Waals surface area contributed by atoms with Crippen LogP contribution in [0.5, 0.6) is 11.5 Å². The molecule has 0 heterocycles. The normalized spacial score (nSPS) is 10.4. The van der Waals surface area contributed by atoms with Crippen molar-refractivity contribution >= 4 is 43.8 Å². The third-order valence-electron chi connectivity index (χ3n) is 4.30. The maximum atomic E-state index is 12.6. The summed E-state index contributed by atoms with van der Waals surface area (Å²) in [6, 6.07) is 19.8. The second kappa shape index (κ2) is 11.1. The van der Waals surface area contributed by atoms with Crippen LogP contribution in [-0.2, 0) is 11.2 Å². The van der Waals surface area contributed by atoms with Crippen LogP contribution in [0, 0.1) is 0 Å². The van der Waals surface area contributed by atoms with Crippen molar-refractivity contribution in [2.45, 2.75) is 13.3 Å². The Balaban J connectivity index is 1.67. The van der Waals surface area contributed by atoms with E-state index in [2.05, 4.69) is 31.9 Å². The zero-order chi connectivity index (χ0) is 22.2. The number of halogens is 2. The average molecular weight is 548 g/mol. The minimum absolute atomic E-state index is 0.131. The first-order valence-electron chi connectivity index (χ1n) is 9.63. The number of hydrogen-bond acceptors (Lipinski definition) is 5. The summed E-state index contributed by atoms with van der Waals surface area (Å²) in [5.41, 5.74) is 1.68. The average Bonchev–Trinajstić information content (AvgIpc) is 2.77. The van der Waals surface area contributed by atoms with E-state index in [-0.39, 0.29) is 17.9 Å². The minimum Gasteiger partial charge on any atom is -0.492 e. The first-order chi connectivity index (χ1) is 15.0. The predicted octanol–water partition coefficient (Wildman–Crippen LogP) is 6.23. The molecule has 0 spiro atoms. The molecule has 0 N–H and O–H groups in total. The molecular weight excluding hydrogens is 528 g/mol. The van der Waals surface area contributed by atoms with Crippen molar-refractivity contribution < 1.29 is 23.8 Å². The summed E-state index contributed by atoms with van der Waals surface area (Å²) >= 11 is 6.75. The standard InChI is InChI=1S/C24H20Br2O5/c1-2-29-24(28)19-15-18(25)9-11-21(19)31-23(27)17-8-10-22(20(26)14-17)30-13-12-16-6-4-3-5-7-16/h3-11,14-15H,2,12-13H2,1H3. The number of ether oxygens (including phenoxy) is 3. The number of rotatable bonds is 8. The van der Waals surface area contributed by atoms with Crippen molar-refractivity contribution in [1.82, 2.24) is 0 Å². The van der Waals surface area contributed by atoms with Crippen LogP contribution in [0.1, 0.15) is 33.2 Å². The van der Waals surface area contributed by atoms with E-state index in [1.54, 1.807) is 43.3 Å². The van der Waals surface area contributed by atoms with Gasteiger partial charge in [0, 0.05) is 10.9 Å². The molecule has 0 radical (unpaired) electrons. The van der Waals surface area contributed by atoms with Crippen molar-refractivity contribution in [2.75, 3.05) is 13.2 Å². The van der Waals surface area contributed by atoms with Crippen LogP contribution < -0.4 is 9.47 Å². The van der Waals surface area contributed by atoms with Crippen LogP contribution in [0.3, 0.4) is 0 Å². The third-order valence-corrected chi connectivity index (χ3v) is 5.41. The minimum atomic E-state index is -0.593. The third kappa shape index (κ3) is 6.42. The summed E-state index contributed by atoms with van der Waals surface area (Å²) in [5, 5.41) is 0. The van der Waals surface area contributed by atoms with E-state index in [4.69, 9.17) is 14.2 Å². The van der Waals surface area contributed by atoms with Gasteiger partial charge < -0.3 is 14.2 Å². The summed E-state index contributed by atoms with van der Waals surface area (Å²) in [7, 11) is 0. The van der Waals surface area contributed by atoms with Crippen molar-refractivity contribution in [2.24, 2.45) is 0 Å². The molecule has 0 fully saturated rings. The van der Waals surface area contributed by atoms with Crippen molar-refractivity contribution in [1.29, 1.82) is 0 Å². The summed E-state index contributed by atoms with van der Waals surface area (Å²) in [5.74, 6) is -0.395. The van der Waals surface area contributed by atoms with Gasteiger partial charge in [-0.2, -0.15) is 0 Å². The zero-order valence-electron chi connectivity index (χ0n) is 16.8. The molecule has 0 aromatic heterocycles. The van der Waals surface area contributed by atoms with Gasteiger partial charge in [0.25, 0.3) is 0 Å². The van der Waals surface area contributed by atoms with E-state index in [0.717, 1.165) is 6.42 Å². The van der Waals surface area contributed by atoms with Gasteiger partial charge in [-0.1, -0.05) is 46.3 Å². The topological polar surface area (TPSA) is 61.8 Å². The quantitative estimate of drug-likeness (QED) is 0.247. The second-order valence-electron chi connectivity index (χ2n) is 6.48. The van der Waals surface area contributed by atoms with Gasteiger partial charge in [-0.3, -0.25) is 0 Å². The highest BCUT2D eigenvalue weighted by Gasteiger charge is 2.19. The molecule has 3 aromatic carbocycles. The summed E-state index contributed by atoms with van der Waals surface area (Å²) in [6.45, 7) is 2.44. The zero-order valence-corrected chi connectivity index (χ0v) is 19.9. The highest BCUT2D eigenvalue weighted by Crippen LogP contribution is 2.28. The van der Waals surface area contributed by atoms with Crippen LogP contribution in [0.25, 0.3) is 0 Å². The van der Waals surface area contributed by atoms with E-state index in [1.165, 1.54) is 5.56 Å². The molecule has 3 rings (SSSR count). The molecule has 0 amide bonds. The molecule has 5 nitrogen and oxygen atoms in total. The molecule has 0 atom stereocenters. The van der Waals surface area contributed by atoms with Gasteiger partial charge in [-0.05, 0) is 64.8 Å². The number of carbonyl (C=O) groups excluding carboxylic acids is 2. The molecule has 160 valence electrons. The van der Waals surface area contributed by atoms with E-state index in [1.807, 2.05) is 30.3 Å². The molecule has 0 aliphatic heterocycles. The Morgan fingerprint density at radius 2 is 1.61 bits per heavy atom. The van der Waals surface area contributed by atoms with Gasteiger partial charge in [0.15, 0.2) is 0 Å². The highest BCUT2D eigenvalue weighted by atomic mass is 79.9. The smallest absolute Gasteiger partial charge is 0.343 e. The lowest BCUT2D eigenvalue weighted by Gasteiger charge is -2.12. The van der Waals surface area contributed by atoms with E-state index in [0.29, 0.717) is 26.9 Å². The molecule has 7 heteroatoms. The molecule has 0 aliphatic carbocycles. The first-order valence-corrected chi connectivity index (χ1v) is 11.2. The molecule has 0 saturated carbocycles. The van der Waals surface area contributed by atoms with Crippen LogP contribution >= 0.6 is 31.9 Å². The van der Waals surface area contributed by atoms with Crippen molar-refractivity contribution in [3.63, 3.8) is 0 Å². The van der Waals surface area contributed by atoms with Crippen LogP contribution in [-0.4, -0.2) is 25.2 Å². The maximum absolute atomic E-state index is 12.6. The highest BCUT2D eigenvalue weighted by molar-refractivity contribution is 9.10. The lowest BCUT2D eigenvalue weighted by atomic mass is 10.2. The molecule has 0 aliphatic rings. The van der Waals surface area contributed by atoms with Gasteiger partial charge in [0.1, 0.15) is 17.1 Å². The summed E-state index contributed by atoms with van der Waals surface area (Å²) < 4.78 is 17.6. The maximum Gasteiger partial charge on any atom is 0.343 e. The molecule has 0 unspecified atom stereocenters. The Kier molecular flexibility index (Phi) is 8.26. The molecule has 0 bridgehead atoms. The van der Waals surface area contributed by atoms with Crippen molar-refractivity contribution in [3.05, 3.63) is 92.4 Å². The van der Waals surface area contributed by atoms with Gasteiger partial charge in [-0.15, -0.1) is 0 Å². The number of carbonyl (C=O) groups is 2. The van der Waals surface area contributed by atoms with Crippen LogP contribution in [0.4, 0.5) is 0 Å². The van der Waals surface area contributed by atoms with E-state index < -0.39 is 11.9 Å². The van der Waals surface area contributed by atoms with Gasteiger partial charge in [0.2, 0.25) is 0 Å².